The van der Waals surface area contributed by atoms with Crippen LogP contribution in [0, 0.1) is 0 Å². The predicted molar refractivity (Wildman–Crippen MR) is 55.8 cm³/mol. The van der Waals surface area contributed by atoms with E-state index in [4.69, 9.17) is 4.55 Å². The van der Waals surface area contributed by atoms with E-state index in [-0.39, 0.29) is 29.4 Å². The average molecular weight is 253 g/mol. The van der Waals surface area contributed by atoms with Crippen LogP contribution in [0.2, 0.25) is 0 Å². The number of unbranched alkanes of at least 4 members (excludes halogenated alkanes) is 1. The Hall–Kier alpha value is 0.987. The Morgan fingerprint density at radius 2 is 2.00 bits per heavy atom. The van der Waals surface area contributed by atoms with Crippen molar-refractivity contribution in [2.45, 2.75) is 31.0 Å². The van der Waals surface area contributed by atoms with Gasteiger partial charge < -0.3 is 0 Å². The molecule has 0 fully saturated rings. The van der Waals surface area contributed by atoms with Crippen LogP contribution in [0.1, 0.15) is 26.2 Å². The van der Waals surface area contributed by atoms with Crippen molar-refractivity contribution in [2.24, 2.45) is 0 Å². The molecule has 0 heterocycles. The maximum absolute atomic E-state index is 10.3. The van der Waals surface area contributed by atoms with Gasteiger partial charge >= 0.3 is 18.9 Å². The summed E-state index contributed by atoms with van der Waals surface area (Å²) in [5.74, 6) is -0.188. The second-order valence-corrected chi connectivity index (χ2v) is 5.28. The summed E-state index contributed by atoms with van der Waals surface area (Å²) in [6.07, 6.45) is 2.80. The SMILES string of the molecule is CCCCC(Br)CS(=O)(=O)O.[LiH]. The van der Waals surface area contributed by atoms with Crippen LogP contribution in [-0.4, -0.2) is 42.4 Å². The maximum atomic E-state index is 10.3. The average Bonchev–Trinajstić information content (AvgIpc) is 1.79. The molecule has 6 heteroatoms. The fraction of sp³-hybridized carbons (Fsp3) is 1.00. The summed E-state index contributed by atoms with van der Waals surface area (Å²) < 4.78 is 29.1. The fourth-order valence-electron chi connectivity index (χ4n) is 0.737. The first-order valence-electron chi connectivity index (χ1n) is 3.55. The van der Waals surface area contributed by atoms with Crippen molar-refractivity contribution in [3.8, 4) is 0 Å². The van der Waals surface area contributed by atoms with Gasteiger partial charge in [-0.3, -0.25) is 4.55 Å². The normalized spacial score (nSPS) is 13.6. The van der Waals surface area contributed by atoms with E-state index in [1.807, 2.05) is 6.92 Å². The molecule has 0 rings (SSSR count). The van der Waals surface area contributed by atoms with Crippen LogP contribution in [0.5, 0.6) is 0 Å². The zero-order valence-electron chi connectivity index (χ0n) is 6.46. The zero-order chi connectivity index (χ0) is 8.91. The third-order valence-electron chi connectivity index (χ3n) is 1.26. The molecule has 0 amide bonds. The number of hydrogen-bond acceptors (Lipinski definition) is 2. The van der Waals surface area contributed by atoms with Crippen molar-refractivity contribution in [3.05, 3.63) is 0 Å². The Labute approximate surface area is 94.4 Å². The molecule has 0 aliphatic rings. The number of halogens is 1. The Bertz CT molecular complexity index is 193. The van der Waals surface area contributed by atoms with E-state index in [0.717, 1.165) is 19.3 Å². The molecular formula is C6H14BrLiO3S. The van der Waals surface area contributed by atoms with E-state index in [9.17, 15) is 8.42 Å². The van der Waals surface area contributed by atoms with Gasteiger partial charge in [-0.25, -0.2) is 0 Å². The van der Waals surface area contributed by atoms with Gasteiger partial charge in [0, 0.05) is 4.83 Å². The fourth-order valence-corrected chi connectivity index (χ4v) is 2.69. The first-order valence-corrected chi connectivity index (χ1v) is 6.07. The Morgan fingerprint density at radius 1 is 1.50 bits per heavy atom. The molecule has 70 valence electrons. The molecule has 3 nitrogen and oxygen atoms in total. The van der Waals surface area contributed by atoms with Gasteiger partial charge in [-0.1, -0.05) is 35.7 Å². The van der Waals surface area contributed by atoms with Crippen molar-refractivity contribution >= 4 is 44.9 Å². The van der Waals surface area contributed by atoms with Gasteiger partial charge in [0.15, 0.2) is 0 Å². The van der Waals surface area contributed by atoms with Gasteiger partial charge in [-0.05, 0) is 6.42 Å². The standard InChI is InChI=1S/C6H13BrO3S.Li.H/c1-2-3-4-6(7)5-11(8,9)10;;/h6H,2-5H2,1H3,(H,8,9,10);;. The van der Waals surface area contributed by atoms with E-state index < -0.39 is 10.1 Å². The number of alkyl halides is 1. The van der Waals surface area contributed by atoms with Crippen LogP contribution in [0.15, 0.2) is 0 Å². The third-order valence-corrected chi connectivity index (χ3v) is 3.30. The molecule has 0 aromatic carbocycles. The minimum atomic E-state index is -3.80. The first-order chi connectivity index (χ1) is 4.95. The molecule has 0 aliphatic carbocycles. The Morgan fingerprint density at radius 3 is 2.33 bits per heavy atom. The molecule has 0 spiro atoms. The molecule has 1 unspecified atom stereocenters. The van der Waals surface area contributed by atoms with Crippen LogP contribution in [0.3, 0.4) is 0 Å². The molecule has 1 atom stereocenters. The third kappa shape index (κ3) is 11.0. The van der Waals surface area contributed by atoms with Crippen molar-refractivity contribution in [1.82, 2.24) is 0 Å². The molecule has 1 N–H and O–H groups in total. The van der Waals surface area contributed by atoms with Crippen LogP contribution >= 0.6 is 15.9 Å². The van der Waals surface area contributed by atoms with E-state index >= 15 is 0 Å². The minimum absolute atomic E-state index is 0. The molecule has 12 heavy (non-hydrogen) atoms. The van der Waals surface area contributed by atoms with Gasteiger partial charge in [-0.2, -0.15) is 8.42 Å². The number of hydrogen-bond donors (Lipinski definition) is 1. The van der Waals surface area contributed by atoms with Gasteiger partial charge in [-0.15, -0.1) is 0 Å². The van der Waals surface area contributed by atoms with Crippen molar-refractivity contribution < 1.29 is 13.0 Å². The summed E-state index contributed by atoms with van der Waals surface area (Å²) in [5.41, 5.74) is 0. The van der Waals surface area contributed by atoms with Gasteiger partial charge in [0.1, 0.15) is 0 Å². The summed E-state index contributed by atoms with van der Waals surface area (Å²) in [4.78, 5) is -0.113. The van der Waals surface area contributed by atoms with Crippen LogP contribution in [-0.2, 0) is 10.1 Å². The zero-order valence-corrected chi connectivity index (χ0v) is 8.86. The summed E-state index contributed by atoms with van der Waals surface area (Å²) in [5, 5.41) is 0. The van der Waals surface area contributed by atoms with E-state index in [1.54, 1.807) is 0 Å². The van der Waals surface area contributed by atoms with Crippen molar-refractivity contribution in [1.29, 1.82) is 0 Å². The van der Waals surface area contributed by atoms with Crippen molar-refractivity contribution in [2.75, 3.05) is 5.75 Å². The Balaban J connectivity index is 0. The molecule has 0 saturated carbocycles. The molecule has 0 radical (unpaired) electrons. The molecule has 0 saturated heterocycles. The predicted octanol–water partition coefficient (Wildman–Crippen LogP) is 1.18. The molecule has 0 aromatic rings. The molecule has 0 aliphatic heterocycles. The molecule has 0 aromatic heterocycles. The summed E-state index contributed by atoms with van der Waals surface area (Å²) in [6, 6.07) is 0. The second kappa shape index (κ2) is 7.40. The first kappa shape index (κ1) is 15.5. The van der Waals surface area contributed by atoms with E-state index in [2.05, 4.69) is 15.9 Å². The quantitative estimate of drug-likeness (QED) is 0.454. The Kier molecular flexibility index (Phi) is 9.53. The van der Waals surface area contributed by atoms with Crippen LogP contribution < -0.4 is 0 Å². The summed E-state index contributed by atoms with van der Waals surface area (Å²) >= 11 is 3.18. The van der Waals surface area contributed by atoms with Gasteiger partial charge in [0.2, 0.25) is 0 Å². The van der Waals surface area contributed by atoms with Gasteiger partial charge in [0.05, 0.1) is 5.75 Å². The van der Waals surface area contributed by atoms with Crippen LogP contribution in [0.25, 0.3) is 0 Å². The van der Waals surface area contributed by atoms with E-state index in [0.29, 0.717) is 0 Å². The summed E-state index contributed by atoms with van der Waals surface area (Å²) in [6.45, 7) is 2.03. The molecular weight excluding hydrogens is 239 g/mol. The molecule has 0 bridgehead atoms. The number of rotatable bonds is 5. The van der Waals surface area contributed by atoms with Crippen LogP contribution in [0.4, 0.5) is 0 Å². The summed E-state index contributed by atoms with van der Waals surface area (Å²) in [7, 11) is -3.80. The van der Waals surface area contributed by atoms with Crippen molar-refractivity contribution in [3.63, 3.8) is 0 Å². The van der Waals surface area contributed by atoms with E-state index in [1.165, 1.54) is 0 Å². The second-order valence-electron chi connectivity index (χ2n) is 2.49. The monoisotopic (exact) mass is 252 g/mol. The topological polar surface area (TPSA) is 54.4 Å². The van der Waals surface area contributed by atoms with Gasteiger partial charge in [0.25, 0.3) is 10.1 Å².